The molecule has 0 aromatic heterocycles. The highest BCUT2D eigenvalue weighted by molar-refractivity contribution is 5.92. The Hall–Kier alpha value is -1.81. The second-order valence-electron chi connectivity index (χ2n) is 5.22. The highest BCUT2D eigenvalue weighted by atomic mass is 16.5. The second kappa shape index (κ2) is 6.57. The molecule has 1 aromatic rings. The van der Waals surface area contributed by atoms with Crippen molar-refractivity contribution in [3.05, 3.63) is 35.9 Å². The third-order valence-corrected chi connectivity index (χ3v) is 3.68. The molecule has 2 rings (SSSR count). The molecule has 0 unspecified atom stereocenters. The average Bonchev–Trinajstić information content (AvgIpc) is 2.90. The first-order valence-electron chi connectivity index (χ1n) is 6.94. The van der Waals surface area contributed by atoms with Crippen LogP contribution in [0.2, 0.25) is 0 Å². The van der Waals surface area contributed by atoms with Gasteiger partial charge < -0.3 is 15.2 Å². The van der Waals surface area contributed by atoms with Gasteiger partial charge in [0.2, 0.25) is 5.91 Å². The van der Waals surface area contributed by atoms with Crippen LogP contribution in [0.3, 0.4) is 0 Å². The van der Waals surface area contributed by atoms with E-state index in [2.05, 4.69) is 5.32 Å². The fourth-order valence-electron chi connectivity index (χ4n) is 2.49. The Labute approximate surface area is 119 Å². The minimum absolute atomic E-state index is 0.198. The Morgan fingerprint density at radius 2 is 2.10 bits per heavy atom. The molecule has 0 atom stereocenters. The quantitative estimate of drug-likeness (QED) is 0.809. The SMILES string of the molecule is COc1ccccc1C=CC(=O)NCC1(O)CCCC1. The zero-order chi connectivity index (χ0) is 14.4. The zero-order valence-electron chi connectivity index (χ0n) is 11.8. The maximum atomic E-state index is 11.8. The van der Waals surface area contributed by atoms with E-state index in [1.807, 2.05) is 24.3 Å². The number of aliphatic hydroxyl groups is 1. The number of methoxy groups -OCH3 is 1. The third kappa shape index (κ3) is 3.84. The lowest BCUT2D eigenvalue weighted by Crippen LogP contribution is -2.40. The molecule has 1 aromatic carbocycles. The molecule has 0 spiro atoms. The van der Waals surface area contributed by atoms with Crippen molar-refractivity contribution in [2.24, 2.45) is 0 Å². The van der Waals surface area contributed by atoms with E-state index in [0.717, 1.165) is 37.0 Å². The number of carbonyl (C=O) groups is 1. The van der Waals surface area contributed by atoms with Crippen LogP contribution in [-0.2, 0) is 4.79 Å². The van der Waals surface area contributed by atoms with E-state index in [1.165, 1.54) is 6.08 Å². The van der Waals surface area contributed by atoms with Crippen molar-refractivity contribution in [2.75, 3.05) is 13.7 Å². The summed E-state index contributed by atoms with van der Waals surface area (Å²) in [5.41, 5.74) is 0.137. The molecular weight excluding hydrogens is 254 g/mol. The summed E-state index contributed by atoms with van der Waals surface area (Å²) in [6, 6.07) is 7.50. The van der Waals surface area contributed by atoms with E-state index in [9.17, 15) is 9.90 Å². The fraction of sp³-hybridized carbons (Fsp3) is 0.438. The van der Waals surface area contributed by atoms with Crippen LogP contribution in [0.4, 0.5) is 0 Å². The molecule has 0 aliphatic heterocycles. The molecule has 0 bridgehead atoms. The predicted octanol–water partition coefficient (Wildman–Crippen LogP) is 2.13. The number of para-hydroxylation sites is 1. The summed E-state index contributed by atoms with van der Waals surface area (Å²) in [6.07, 6.45) is 6.78. The number of nitrogens with one attached hydrogen (secondary N) is 1. The van der Waals surface area contributed by atoms with Crippen molar-refractivity contribution in [1.29, 1.82) is 0 Å². The molecule has 108 valence electrons. The topological polar surface area (TPSA) is 58.6 Å². The van der Waals surface area contributed by atoms with Crippen LogP contribution in [0.1, 0.15) is 31.2 Å². The van der Waals surface area contributed by atoms with Crippen LogP contribution in [0.5, 0.6) is 5.75 Å². The highest BCUT2D eigenvalue weighted by Gasteiger charge is 2.30. The monoisotopic (exact) mass is 275 g/mol. The first-order valence-corrected chi connectivity index (χ1v) is 6.94. The van der Waals surface area contributed by atoms with Crippen LogP contribution in [0, 0.1) is 0 Å². The van der Waals surface area contributed by atoms with E-state index in [1.54, 1.807) is 13.2 Å². The van der Waals surface area contributed by atoms with Gasteiger partial charge in [0.1, 0.15) is 5.75 Å². The van der Waals surface area contributed by atoms with Gasteiger partial charge in [-0.25, -0.2) is 0 Å². The Balaban J connectivity index is 1.89. The van der Waals surface area contributed by atoms with E-state index >= 15 is 0 Å². The van der Waals surface area contributed by atoms with Gasteiger partial charge in [-0.15, -0.1) is 0 Å². The van der Waals surface area contributed by atoms with Gasteiger partial charge in [-0.05, 0) is 25.0 Å². The van der Waals surface area contributed by atoms with Crippen LogP contribution >= 0.6 is 0 Å². The van der Waals surface area contributed by atoms with Crippen LogP contribution in [0.25, 0.3) is 6.08 Å². The molecule has 4 nitrogen and oxygen atoms in total. The van der Waals surface area contributed by atoms with Crippen molar-refractivity contribution in [3.8, 4) is 5.75 Å². The van der Waals surface area contributed by atoms with E-state index in [-0.39, 0.29) is 5.91 Å². The van der Waals surface area contributed by atoms with Gasteiger partial charge in [-0.2, -0.15) is 0 Å². The molecular formula is C16H21NO3. The zero-order valence-corrected chi connectivity index (χ0v) is 11.8. The molecule has 1 aliphatic carbocycles. The fourth-order valence-corrected chi connectivity index (χ4v) is 2.49. The van der Waals surface area contributed by atoms with Crippen molar-refractivity contribution in [1.82, 2.24) is 5.32 Å². The van der Waals surface area contributed by atoms with Gasteiger partial charge in [0.25, 0.3) is 0 Å². The van der Waals surface area contributed by atoms with Crippen molar-refractivity contribution >= 4 is 12.0 Å². The molecule has 20 heavy (non-hydrogen) atoms. The van der Waals surface area contributed by atoms with Gasteiger partial charge in [-0.1, -0.05) is 31.0 Å². The molecule has 1 fully saturated rings. The average molecular weight is 275 g/mol. The molecule has 0 radical (unpaired) electrons. The van der Waals surface area contributed by atoms with Gasteiger partial charge in [-0.3, -0.25) is 4.79 Å². The minimum atomic E-state index is -0.714. The van der Waals surface area contributed by atoms with E-state index in [4.69, 9.17) is 4.74 Å². The number of hydrogen-bond acceptors (Lipinski definition) is 3. The van der Waals surface area contributed by atoms with Crippen molar-refractivity contribution in [3.63, 3.8) is 0 Å². The summed E-state index contributed by atoms with van der Waals surface area (Å²) >= 11 is 0. The summed E-state index contributed by atoms with van der Waals surface area (Å²) in [5, 5.41) is 12.9. The number of amides is 1. The summed E-state index contributed by atoms with van der Waals surface area (Å²) in [6.45, 7) is 0.322. The van der Waals surface area contributed by atoms with Crippen molar-refractivity contribution < 1.29 is 14.6 Å². The molecule has 1 amide bonds. The molecule has 4 heteroatoms. The first-order chi connectivity index (χ1) is 9.63. The van der Waals surface area contributed by atoms with Crippen molar-refractivity contribution in [2.45, 2.75) is 31.3 Å². The van der Waals surface area contributed by atoms with E-state index in [0.29, 0.717) is 6.54 Å². The summed E-state index contributed by atoms with van der Waals surface area (Å²) in [5.74, 6) is 0.530. The van der Waals surface area contributed by atoms with Gasteiger partial charge in [0.15, 0.2) is 0 Å². The number of hydrogen-bond donors (Lipinski definition) is 2. The molecule has 0 heterocycles. The van der Waals surface area contributed by atoms with E-state index < -0.39 is 5.60 Å². The normalized spacial score (nSPS) is 17.3. The summed E-state index contributed by atoms with van der Waals surface area (Å²) in [7, 11) is 1.60. The van der Waals surface area contributed by atoms with Gasteiger partial charge in [0.05, 0.1) is 12.7 Å². The highest BCUT2D eigenvalue weighted by Crippen LogP contribution is 2.28. The predicted molar refractivity (Wildman–Crippen MR) is 78.5 cm³/mol. The van der Waals surface area contributed by atoms with Gasteiger partial charge >= 0.3 is 0 Å². The second-order valence-corrected chi connectivity index (χ2v) is 5.22. The number of ether oxygens (including phenoxy) is 1. The molecule has 1 aliphatic rings. The molecule has 2 N–H and O–H groups in total. The number of rotatable bonds is 5. The van der Waals surface area contributed by atoms with Gasteiger partial charge in [0, 0.05) is 18.2 Å². The molecule has 1 saturated carbocycles. The number of carbonyl (C=O) groups excluding carboxylic acids is 1. The lowest BCUT2D eigenvalue weighted by molar-refractivity contribution is -0.117. The maximum absolute atomic E-state index is 11.8. The van der Waals surface area contributed by atoms with Crippen LogP contribution < -0.4 is 10.1 Å². The van der Waals surface area contributed by atoms with Crippen LogP contribution in [0.15, 0.2) is 30.3 Å². The standard InChI is InChI=1S/C16H21NO3/c1-20-14-7-3-2-6-13(14)8-9-15(18)17-12-16(19)10-4-5-11-16/h2-3,6-9,19H,4-5,10-12H2,1H3,(H,17,18). The lowest BCUT2D eigenvalue weighted by atomic mass is 10.0. The Morgan fingerprint density at radius 1 is 1.40 bits per heavy atom. The Bertz CT molecular complexity index is 490. The smallest absolute Gasteiger partial charge is 0.244 e. The first kappa shape index (κ1) is 14.6. The maximum Gasteiger partial charge on any atom is 0.244 e. The Kier molecular flexibility index (Phi) is 4.79. The molecule has 0 saturated heterocycles. The lowest BCUT2D eigenvalue weighted by Gasteiger charge is -2.21. The van der Waals surface area contributed by atoms with Crippen LogP contribution in [-0.4, -0.2) is 30.3 Å². The third-order valence-electron chi connectivity index (χ3n) is 3.68. The summed E-state index contributed by atoms with van der Waals surface area (Å²) in [4.78, 5) is 11.8. The largest absolute Gasteiger partial charge is 0.496 e. The number of benzene rings is 1. The Morgan fingerprint density at radius 3 is 2.80 bits per heavy atom. The summed E-state index contributed by atoms with van der Waals surface area (Å²) < 4.78 is 5.21. The minimum Gasteiger partial charge on any atom is -0.496 e.